The van der Waals surface area contributed by atoms with Crippen molar-refractivity contribution >= 4 is 37.6 Å². The molecule has 0 aliphatic heterocycles. The van der Waals surface area contributed by atoms with Crippen LogP contribution in [-0.2, 0) is 4.79 Å². The summed E-state index contributed by atoms with van der Waals surface area (Å²) in [6.45, 7) is 8.69. The van der Waals surface area contributed by atoms with E-state index in [1.165, 1.54) is 5.57 Å². The maximum atomic E-state index is 12.4. The monoisotopic (exact) mass is 378 g/mol. The highest BCUT2D eigenvalue weighted by Crippen LogP contribution is 2.37. The number of carbonyl (C=O) groups excluding carboxylic acids is 1. The lowest BCUT2D eigenvalue weighted by molar-refractivity contribution is -0.121. The Morgan fingerprint density at radius 1 is 1.28 bits per heavy atom. The molecule has 0 aromatic carbocycles. The molecule has 0 saturated heterocycles. The van der Waals surface area contributed by atoms with E-state index >= 15 is 0 Å². The Kier molecular flexibility index (Phi) is 5.67. The van der Waals surface area contributed by atoms with Crippen LogP contribution in [0.5, 0.6) is 0 Å². The van der Waals surface area contributed by atoms with E-state index in [1.54, 1.807) is 0 Å². The van der Waals surface area contributed by atoms with Gasteiger partial charge < -0.3 is 0 Å². The van der Waals surface area contributed by atoms with E-state index in [4.69, 9.17) is 0 Å². The van der Waals surface area contributed by atoms with Crippen LogP contribution in [0.4, 0.5) is 0 Å². The molecule has 0 heterocycles. The zero-order chi connectivity index (χ0) is 14.0. The fraction of sp³-hybridized carbons (Fsp3) is 0.800. The molecule has 0 aromatic heterocycles. The van der Waals surface area contributed by atoms with Gasteiger partial charge in [0.1, 0.15) is 5.78 Å². The second-order valence-electron chi connectivity index (χ2n) is 6.42. The Hall–Kier alpha value is 0.370. The lowest BCUT2D eigenvalue weighted by Crippen LogP contribution is -2.38. The summed E-state index contributed by atoms with van der Waals surface area (Å²) in [5, 5.41) is 0. The number of halogens is 2. The van der Waals surface area contributed by atoms with Gasteiger partial charge in [0.05, 0.1) is 4.32 Å². The summed E-state index contributed by atoms with van der Waals surface area (Å²) in [7, 11) is 0. The lowest BCUT2D eigenvalue weighted by Gasteiger charge is -2.28. The summed E-state index contributed by atoms with van der Waals surface area (Å²) >= 11 is 7.32. The predicted molar refractivity (Wildman–Crippen MR) is 85.7 cm³/mol. The van der Waals surface area contributed by atoms with Crippen molar-refractivity contribution in [3.05, 3.63) is 11.6 Å². The average Bonchev–Trinajstić information content (AvgIpc) is 2.30. The molecule has 0 spiro atoms. The first-order chi connectivity index (χ1) is 8.15. The van der Waals surface area contributed by atoms with Crippen molar-refractivity contribution in [2.24, 2.45) is 5.41 Å². The molecule has 1 aliphatic carbocycles. The number of ketones is 1. The van der Waals surface area contributed by atoms with Gasteiger partial charge in [-0.05, 0) is 44.9 Å². The van der Waals surface area contributed by atoms with E-state index < -0.39 is 4.32 Å². The topological polar surface area (TPSA) is 17.1 Å². The Morgan fingerprint density at radius 2 is 1.89 bits per heavy atom. The summed E-state index contributed by atoms with van der Waals surface area (Å²) in [5.41, 5.74) is 1.65. The smallest absolute Gasteiger partial charge is 0.150 e. The number of hydrogen-bond acceptors (Lipinski definition) is 1. The molecule has 104 valence electrons. The first kappa shape index (κ1) is 16.4. The quantitative estimate of drug-likeness (QED) is 0.406. The fourth-order valence-electron chi connectivity index (χ4n) is 2.15. The fourth-order valence-corrected chi connectivity index (χ4v) is 3.06. The molecule has 1 aliphatic rings. The molecule has 0 bridgehead atoms. The minimum Gasteiger partial charge on any atom is -0.298 e. The largest absolute Gasteiger partial charge is 0.298 e. The molecule has 2 unspecified atom stereocenters. The van der Waals surface area contributed by atoms with Gasteiger partial charge in [0.25, 0.3) is 0 Å². The van der Waals surface area contributed by atoms with E-state index in [-0.39, 0.29) is 10.2 Å². The van der Waals surface area contributed by atoms with Crippen molar-refractivity contribution in [3.8, 4) is 0 Å². The molecule has 1 nitrogen and oxygen atoms in total. The summed E-state index contributed by atoms with van der Waals surface area (Å²) in [6, 6.07) is 0. The Balaban J connectivity index is 2.92. The first-order valence-corrected chi connectivity index (χ1v) is 8.38. The van der Waals surface area contributed by atoms with Crippen LogP contribution in [-0.4, -0.2) is 14.9 Å². The Bertz CT molecular complexity index is 342. The van der Waals surface area contributed by atoms with Gasteiger partial charge in [0.15, 0.2) is 0 Å². The minimum atomic E-state index is -0.437. The number of carbonyl (C=O) groups is 1. The van der Waals surface area contributed by atoms with Gasteiger partial charge in [-0.15, -0.1) is 0 Å². The second-order valence-corrected chi connectivity index (χ2v) is 9.18. The predicted octanol–water partition coefficient (Wildman–Crippen LogP) is 5.41. The summed E-state index contributed by atoms with van der Waals surface area (Å²) < 4.78 is -0.437. The Labute approximate surface area is 128 Å². The maximum Gasteiger partial charge on any atom is 0.150 e. The number of Topliss-reactive ketones (excluding diaryl/α,β-unsaturated/α-hetero) is 1. The summed E-state index contributed by atoms with van der Waals surface area (Å²) in [4.78, 5) is 12.5. The molecule has 0 radical (unpaired) electrons. The third-order valence-corrected chi connectivity index (χ3v) is 6.94. The number of allylic oxidation sites excluding steroid dienone is 2. The van der Waals surface area contributed by atoms with Gasteiger partial charge in [-0.2, -0.15) is 0 Å². The van der Waals surface area contributed by atoms with E-state index in [0.29, 0.717) is 12.2 Å². The van der Waals surface area contributed by atoms with Crippen LogP contribution in [0.2, 0.25) is 0 Å². The molecular weight excluding hydrogens is 356 g/mol. The molecular formula is C15H24Br2O. The van der Waals surface area contributed by atoms with Crippen LogP contribution < -0.4 is 0 Å². The van der Waals surface area contributed by atoms with Crippen LogP contribution in [0.15, 0.2) is 11.6 Å². The van der Waals surface area contributed by atoms with Gasteiger partial charge in [-0.3, -0.25) is 4.79 Å². The highest BCUT2D eigenvalue weighted by Gasteiger charge is 2.37. The molecule has 0 N–H and O–H groups in total. The highest BCUT2D eigenvalue weighted by molar-refractivity contribution is 9.12. The van der Waals surface area contributed by atoms with E-state index in [2.05, 4.69) is 58.7 Å². The molecule has 1 rings (SSSR count). The third kappa shape index (κ3) is 4.48. The second kappa shape index (κ2) is 6.21. The zero-order valence-electron chi connectivity index (χ0n) is 11.9. The van der Waals surface area contributed by atoms with Crippen molar-refractivity contribution in [1.29, 1.82) is 0 Å². The molecule has 3 heteroatoms. The molecule has 0 fully saturated rings. The van der Waals surface area contributed by atoms with E-state index in [9.17, 15) is 4.79 Å². The number of alkyl halides is 2. The SMILES string of the molecule is C/C1=C\CC(C)(C)CCC(=O)C(C)(Br)C(Br)CC1. The average molecular weight is 380 g/mol. The van der Waals surface area contributed by atoms with Crippen molar-refractivity contribution in [2.45, 2.75) is 69.0 Å². The number of rotatable bonds is 0. The standard InChI is InChI=1S/C15H24Br2O/c1-11-5-6-12(16)15(4,17)13(18)8-10-14(2,3)9-7-11/h7,12H,5-6,8-10H2,1-4H3/b11-7+. The molecule has 0 amide bonds. The van der Waals surface area contributed by atoms with Gasteiger partial charge in [0.2, 0.25) is 0 Å². The van der Waals surface area contributed by atoms with Gasteiger partial charge >= 0.3 is 0 Å². The summed E-state index contributed by atoms with van der Waals surface area (Å²) in [5.74, 6) is 0.317. The normalized spacial score (nSPS) is 37.6. The minimum absolute atomic E-state index is 0.196. The lowest BCUT2D eigenvalue weighted by atomic mass is 9.82. The van der Waals surface area contributed by atoms with Gasteiger partial charge in [0, 0.05) is 11.2 Å². The first-order valence-electron chi connectivity index (χ1n) is 6.67. The molecule has 18 heavy (non-hydrogen) atoms. The van der Waals surface area contributed by atoms with Crippen LogP contribution in [0.1, 0.15) is 59.8 Å². The number of hydrogen-bond donors (Lipinski definition) is 0. The van der Waals surface area contributed by atoms with Crippen molar-refractivity contribution in [3.63, 3.8) is 0 Å². The van der Waals surface area contributed by atoms with Gasteiger partial charge in [-0.1, -0.05) is 57.4 Å². The van der Waals surface area contributed by atoms with Crippen LogP contribution in [0, 0.1) is 5.41 Å². The van der Waals surface area contributed by atoms with Crippen LogP contribution in [0.3, 0.4) is 0 Å². The van der Waals surface area contributed by atoms with Crippen molar-refractivity contribution in [2.75, 3.05) is 0 Å². The highest BCUT2D eigenvalue weighted by atomic mass is 79.9. The molecule has 2 atom stereocenters. The third-order valence-electron chi connectivity index (χ3n) is 3.96. The van der Waals surface area contributed by atoms with Gasteiger partial charge in [-0.25, -0.2) is 0 Å². The Morgan fingerprint density at radius 3 is 2.50 bits per heavy atom. The molecule has 0 aromatic rings. The van der Waals surface area contributed by atoms with E-state index in [1.807, 2.05) is 6.92 Å². The van der Waals surface area contributed by atoms with Crippen molar-refractivity contribution in [1.82, 2.24) is 0 Å². The van der Waals surface area contributed by atoms with Crippen LogP contribution >= 0.6 is 31.9 Å². The maximum absolute atomic E-state index is 12.4. The zero-order valence-corrected chi connectivity index (χ0v) is 15.0. The molecule has 0 saturated carbocycles. The van der Waals surface area contributed by atoms with Crippen LogP contribution in [0.25, 0.3) is 0 Å². The van der Waals surface area contributed by atoms with E-state index in [0.717, 1.165) is 25.7 Å². The van der Waals surface area contributed by atoms with Crippen molar-refractivity contribution < 1.29 is 4.79 Å². The summed E-state index contributed by atoms with van der Waals surface area (Å²) in [6.07, 6.45) is 7.08.